The number of nitrogens with one attached hydrogen (secondary N) is 2. The molecule has 0 amide bonds. The molecule has 2 aliphatic rings. The van der Waals surface area contributed by atoms with E-state index in [-0.39, 0.29) is 10.8 Å². The molecule has 258 valence electrons. The molecule has 6 nitrogen and oxygen atoms in total. The number of nitrogens with zero attached hydrogens (tertiary/aromatic N) is 4. The molecule has 0 bridgehead atoms. The fraction of sp³-hybridized carbons (Fsp3) is 0.174. The van der Waals surface area contributed by atoms with Crippen molar-refractivity contribution in [2.45, 2.75) is 52.4 Å². The first kappa shape index (κ1) is 33.0. The van der Waals surface area contributed by atoms with E-state index in [1.54, 1.807) is 0 Å². The van der Waals surface area contributed by atoms with Crippen LogP contribution in [-0.4, -0.2) is 9.97 Å². The van der Waals surface area contributed by atoms with Crippen molar-refractivity contribution in [3.63, 3.8) is 0 Å². The molecule has 0 aliphatic carbocycles. The van der Waals surface area contributed by atoms with E-state index in [0.29, 0.717) is 0 Å². The highest BCUT2D eigenvalue weighted by Crippen LogP contribution is 2.44. The Morgan fingerprint density at radius 2 is 0.827 bits per heavy atom. The Labute approximate surface area is 307 Å². The number of rotatable bonds is 5. The molecule has 2 aliphatic heterocycles. The summed E-state index contributed by atoms with van der Waals surface area (Å²) in [6.45, 7) is 13.5. The van der Waals surface area contributed by atoms with Crippen LogP contribution in [0.5, 0.6) is 0 Å². The zero-order valence-corrected chi connectivity index (χ0v) is 30.6. The minimum absolute atomic E-state index is 0.113. The smallest absolute Gasteiger partial charge is 0.117 e. The second-order valence-corrected chi connectivity index (χ2v) is 15.5. The van der Waals surface area contributed by atoms with Crippen molar-refractivity contribution in [2.24, 2.45) is 0 Å². The highest BCUT2D eigenvalue weighted by molar-refractivity contribution is 5.91. The van der Waals surface area contributed by atoms with Gasteiger partial charge in [0.25, 0.3) is 0 Å². The van der Waals surface area contributed by atoms with E-state index in [0.717, 1.165) is 68.5 Å². The molecule has 0 saturated heterocycles. The zero-order valence-electron chi connectivity index (χ0n) is 30.6. The quantitative estimate of drug-likeness (QED) is 0.189. The summed E-state index contributed by atoms with van der Waals surface area (Å²) in [4.78, 5) is 15.1. The van der Waals surface area contributed by atoms with Gasteiger partial charge in [0.05, 0.1) is 45.5 Å². The third-order valence-electron chi connectivity index (χ3n) is 9.58. The van der Waals surface area contributed by atoms with Crippen LogP contribution in [0.15, 0.2) is 145 Å². The number of para-hydroxylation sites is 6. The standard InChI is InChI=1S/C46H44N6/c1-45(2,3)31-25-33(29-43-49-37-21-13-15-23-41(37)51(43)35-17-9-7-10-18-35)47-39(27-31)40-28-32(46(4,5)6)26-34(48-40)30-44-50-38-22-14-16-24-42(38)52(44)36-19-11-8-12-20-36/h7-30,49-50H,1-6H3. The van der Waals surface area contributed by atoms with E-state index >= 15 is 0 Å². The molecular formula is C46H44N6. The summed E-state index contributed by atoms with van der Waals surface area (Å²) in [7, 11) is 0. The topological polar surface area (TPSA) is 56.3 Å². The maximum absolute atomic E-state index is 5.31. The summed E-state index contributed by atoms with van der Waals surface area (Å²) in [5.74, 6) is 1.90. The Hall–Kier alpha value is -6.14. The van der Waals surface area contributed by atoms with Crippen LogP contribution in [0.3, 0.4) is 0 Å². The average Bonchev–Trinajstić information content (AvgIpc) is 3.68. The number of anilines is 6. The molecule has 0 spiro atoms. The zero-order chi connectivity index (χ0) is 36.0. The molecule has 4 aromatic carbocycles. The summed E-state index contributed by atoms with van der Waals surface area (Å²) < 4.78 is 0. The number of pyridine rings is 2. The summed E-state index contributed by atoms with van der Waals surface area (Å²) in [6, 6.07) is 46.6. The van der Waals surface area contributed by atoms with Gasteiger partial charge in [-0.2, -0.15) is 0 Å². The van der Waals surface area contributed by atoms with Crippen LogP contribution in [0.4, 0.5) is 34.1 Å². The van der Waals surface area contributed by atoms with Gasteiger partial charge in [-0.25, -0.2) is 9.97 Å². The molecule has 0 fully saturated rings. The summed E-state index contributed by atoms with van der Waals surface area (Å²) in [5, 5.41) is 7.33. The second kappa shape index (κ2) is 12.9. The van der Waals surface area contributed by atoms with Gasteiger partial charge < -0.3 is 10.6 Å². The molecule has 52 heavy (non-hydrogen) atoms. The van der Waals surface area contributed by atoms with Crippen LogP contribution in [0.25, 0.3) is 23.5 Å². The van der Waals surface area contributed by atoms with Crippen LogP contribution in [0.1, 0.15) is 64.1 Å². The third kappa shape index (κ3) is 6.44. The van der Waals surface area contributed by atoms with Gasteiger partial charge in [-0.05, 0) is 94.8 Å². The molecule has 6 aromatic rings. The van der Waals surface area contributed by atoms with Crippen LogP contribution in [-0.2, 0) is 10.8 Å². The molecule has 4 heterocycles. The fourth-order valence-corrected chi connectivity index (χ4v) is 6.77. The minimum Gasteiger partial charge on any atom is -0.340 e. The van der Waals surface area contributed by atoms with Gasteiger partial charge >= 0.3 is 0 Å². The molecule has 0 saturated carbocycles. The molecule has 0 atom stereocenters. The van der Waals surface area contributed by atoms with E-state index in [4.69, 9.17) is 9.97 Å². The number of fused-ring (bicyclic) bond motifs is 2. The maximum Gasteiger partial charge on any atom is 0.117 e. The van der Waals surface area contributed by atoms with Crippen LogP contribution < -0.4 is 20.4 Å². The highest BCUT2D eigenvalue weighted by Gasteiger charge is 2.28. The van der Waals surface area contributed by atoms with Gasteiger partial charge in [0, 0.05) is 23.5 Å². The fourth-order valence-electron chi connectivity index (χ4n) is 6.77. The van der Waals surface area contributed by atoms with E-state index in [2.05, 4.69) is 195 Å². The summed E-state index contributed by atoms with van der Waals surface area (Å²) in [5.41, 5.74) is 12.1. The minimum atomic E-state index is -0.113. The van der Waals surface area contributed by atoms with E-state index in [1.807, 2.05) is 12.1 Å². The lowest BCUT2D eigenvalue weighted by atomic mass is 9.85. The Morgan fingerprint density at radius 3 is 1.21 bits per heavy atom. The third-order valence-corrected chi connectivity index (χ3v) is 9.58. The first-order valence-corrected chi connectivity index (χ1v) is 17.9. The predicted octanol–water partition coefficient (Wildman–Crippen LogP) is 11.9. The molecule has 6 heteroatoms. The van der Waals surface area contributed by atoms with Crippen molar-refractivity contribution in [3.8, 4) is 11.4 Å². The van der Waals surface area contributed by atoms with Gasteiger partial charge in [-0.15, -0.1) is 0 Å². The van der Waals surface area contributed by atoms with Crippen molar-refractivity contribution in [1.29, 1.82) is 0 Å². The van der Waals surface area contributed by atoms with Crippen molar-refractivity contribution in [3.05, 3.63) is 168 Å². The first-order chi connectivity index (χ1) is 25.0. The van der Waals surface area contributed by atoms with Crippen molar-refractivity contribution in [2.75, 3.05) is 20.4 Å². The normalized spacial score (nSPS) is 15.4. The van der Waals surface area contributed by atoms with Crippen molar-refractivity contribution in [1.82, 2.24) is 9.97 Å². The average molecular weight is 681 g/mol. The number of hydrogen-bond acceptors (Lipinski definition) is 6. The van der Waals surface area contributed by atoms with Gasteiger partial charge in [0.15, 0.2) is 0 Å². The number of aromatic nitrogens is 2. The SMILES string of the molecule is CC(C)(C)c1cc(C=C2Nc3ccccc3N2c2ccccc2)nc(-c2cc(C(C)(C)C)cc(C=C3Nc4ccccc4N3c3ccccc3)n2)c1. The summed E-state index contributed by atoms with van der Waals surface area (Å²) in [6.07, 6.45) is 4.30. The van der Waals surface area contributed by atoms with Gasteiger partial charge in [0.2, 0.25) is 0 Å². The lowest BCUT2D eigenvalue weighted by Gasteiger charge is -2.23. The molecule has 0 unspecified atom stereocenters. The lowest BCUT2D eigenvalue weighted by molar-refractivity contribution is 0.588. The van der Waals surface area contributed by atoms with E-state index in [1.165, 1.54) is 11.1 Å². The molecule has 8 rings (SSSR count). The summed E-state index contributed by atoms with van der Waals surface area (Å²) >= 11 is 0. The van der Waals surface area contributed by atoms with Crippen LogP contribution >= 0.6 is 0 Å². The highest BCUT2D eigenvalue weighted by atomic mass is 15.3. The first-order valence-electron chi connectivity index (χ1n) is 17.9. The Bertz CT molecular complexity index is 2160. The largest absolute Gasteiger partial charge is 0.340 e. The van der Waals surface area contributed by atoms with Crippen LogP contribution in [0, 0.1) is 0 Å². The maximum atomic E-state index is 5.31. The number of hydrogen-bond donors (Lipinski definition) is 2. The van der Waals surface area contributed by atoms with Gasteiger partial charge in [0.1, 0.15) is 11.6 Å². The Morgan fingerprint density at radius 1 is 0.462 bits per heavy atom. The number of benzene rings is 4. The van der Waals surface area contributed by atoms with Crippen molar-refractivity contribution >= 4 is 46.3 Å². The lowest BCUT2D eigenvalue weighted by Crippen LogP contribution is -2.16. The molecule has 0 radical (unpaired) electrons. The molecule has 2 aromatic heterocycles. The molecule has 2 N–H and O–H groups in total. The predicted molar refractivity (Wildman–Crippen MR) is 218 cm³/mol. The Balaban J connectivity index is 1.26. The Kier molecular flexibility index (Phi) is 8.18. The van der Waals surface area contributed by atoms with Crippen molar-refractivity contribution < 1.29 is 0 Å². The van der Waals surface area contributed by atoms with Crippen LogP contribution in [0.2, 0.25) is 0 Å². The van der Waals surface area contributed by atoms with Gasteiger partial charge in [-0.1, -0.05) is 102 Å². The van der Waals surface area contributed by atoms with Gasteiger partial charge in [-0.3, -0.25) is 9.80 Å². The molecular weight excluding hydrogens is 637 g/mol. The monoisotopic (exact) mass is 680 g/mol. The van der Waals surface area contributed by atoms with E-state index < -0.39 is 0 Å². The van der Waals surface area contributed by atoms with E-state index in [9.17, 15) is 0 Å². The second-order valence-electron chi connectivity index (χ2n) is 15.5.